The molecule has 0 aliphatic rings. The first-order valence-corrected chi connectivity index (χ1v) is 21.3. The Morgan fingerprint density at radius 1 is 0.492 bits per heavy atom. The van der Waals surface area contributed by atoms with E-state index in [1.54, 1.807) is 72.8 Å². The van der Waals surface area contributed by atoms with Gasteiger partial charge >= 0.3 is 23.9 Å². The first-order chi connectivity index (χ1) is 31.7. The van der Waals surface area contributed by atoms with Gasteiger partial charge in [-0.25, -0.2) is 19.2 Å². The molecule has 0 fully saturated rings. The lowest BCUT2D eigenvalue weighted by atomic mass is 10.1. The largest absolute Gasteiger partial charge is 0.494 e. The zero-order chi connectivity index (χ0) is 46.1. The van der Waals surface area contributed by atoms with Crippen LogP contribution in [0.3, 0.4) is 0 Å². The smallest absolute Gasteiger partial charge is 0.343 e. The molecule has 0 aliphatic carbocycles. The lowest BCUT2D eigenvalue weighted by Gasteiger charge is -2.13. The van der Waals surface area contributed by atoms with Gasteiger partial charge in [0.15, 0.2) is 0 Å². The highest BCUT2D eigenvalue weighted by molar-refractivity contribution is 6.07. The molecule has 0 saturated carbocycles. The summed E-state index contributed by atoms with van der Waals surface area (Å²) in [4.78, 5) is 62.7. The molecule has 0 heterocycles. The zero-order valence-electron chi connectivity index (χ0n) is 36.1. The van der Waals surface area contributed by atoms with Crippen LogP contribution >= 0.6 is 0 Å². The second kappa shape index (κ2) is 26.5. The summed E-state index contributed by atoms with van der Waals surface area (Å²) in [6.45, 7) is 8.40. The molecule has 1 amide bonds. The summed E-state index contributed by atoms with van der Waals surface area (Å²) in [7, 11) is 0. The third-order valence-electron chi connectivity index (χ3n) is 9.49. The average Bonchev–Trinajstić information content (AvgIpc) is 3.33. The Balaban J connectivity index is 1.20. The van der Waals surface area contributed by atoms with E-state index in [1.165, 1.54) is 18.2 Å². The highest BCUT2D eigenvalue weighted by Gasteiger charge is 2.20. The van der Waals surface area contributed by atoms with Crippen molar-refractivity contribution < 1.29 is 52.4 Å². The van der Waals surface area contributed by atoms with Gasteiger partial charge in [0.1, 0.15) is 23.0 Å². The summed E-state index contributed by atoms with van der Waals surface area (Å²) in [6.07, 6.45) is 8.95. The normalized spacial score (nSPS) is 10.3. The molecule has 5 aromatic rings. The molecular formula is C53H51NO11. The van der Waals surface area contributed by atoms with Crippen LogP contribution in [0.2, 0.25) is 0 Å². The summed E-state index contributed by atoms with van der Waals surface area (Å²) >= 11 is 0. The molecule has 0 aromatic heterocycles. The van der Waals surface area contributed by atoms with Crippen LogP contribution in [-0.2, 0) is 19.1 Å². The molecule has 5 rings (SSSR count). The minimum absolute atomic E-state index is 0.0451. The second-order valence-corrected chi connectivity index (χ2v) is 14.4. The Morgan fingerprint density at radius 3 is 1.46 bits per heavy atom. The van der Waals surface area contributed by atoms with Crippen LogP contribution in [0.4, 0.5) is 5.69 Å². The molecule has 65 heavy (non-hydrogen) atoms. The number of hydrogen-bond donors (Lipinski definition) is 1. The number of esters is 4. The predicted octanol–water partition coefficient (Wildman–Crippen LogP) is 10.1. The van der Waals surface area contributed by atoms with Crippen LogP contribution in [0.25, 0.3) is 0 Å². The number of hydrogen-bond acceptors (Lipinski definition) is 11. The topological polar surface area (TPSA) is 153 Å². The number of rotatable bonds is 24. The standard InChI is InChI=1S/C53H51NO11/c1-3-49(55)62-36-14-7-5-12-34-60-44-28-22-41(23-29-44)52(58)64-46-32-33-48(47(38-46)51(57)54-43-26-20-40(21-27-43)19-18-39-16-10-9-11-17-39)65-53(59)42-24-30-45(31-25-42)61-35-13-6-8-15-37-63-50(56)4-2/h3-4,9-11,16-17,20-33,38H,1-2,5-8,12-15,34-37H2,(H,54,57). The summed E-state index contributed by atoms with van der Waals surface area (Å²) in [5, 5.41) is 2.83. The van der Waals surface area contributed by atoms with Gasteiger partial charge in [-0.05, 0) is 154 Å². The Kier molecular flexibility index (Phi) is 19.6. The number of carbonyl (C=O) groups excluding carboxylic acids is 5. The molecule has 0 atom stereocenters. The Hall–Kier alpha value is -7.91. The van der Waals surface area contributed by atoms with Crippen molar-refractivity contribution in [2.75, 3.05) is 31.7 Å². The molecule has 12 nitrogen and oxygen atoms in total. The van der Waals surface area contributed by atoms with E-state index in [9.17, 15) is 24.0 Å². The van der Waals surface area contributed by atoms with Crippen LogP contribution < -0.4 is 24.3 Å². The molecule has 0 spiro atoms. The molecule has 12 heteroatoms. The van der Waals surface area contributed by atoms with E-state index in [4.69, 9.17) is 28.4 Å². The number of carbonyl (C=O) groups is 5. The van der Waals surface area contributed by atoms with Gasteiger partial charge < -0.3 is 33.7 Å². The van der Waals surface area contributed by atoms with E-state index >= 15 is 0 Å². The molecule has 0 saturated heterocycles. The number of unbranched alkanes of at least 4 members (excludes halogenated alkanes) is 6. The van der Waals surface area contributed by atoms with Gasteiger partial charge in [-0.15, -0.1) is 0 Å². The number of ether oxygens (including phenoxy) is 6. The molecular weight excluding hydrogens is 827 g/mol. The van der Waals surface area contributed by atoms with E-state index in [-0.39, 0.29) is 28.2 Å². The highest BCUT2D eigenvalue weighted by atomic mass is 16.5. The highest BCUT2D eigenvalue weighted by Crippen LogP contribution is 2.28. The first-order valence-electron chi connectivity index (χ1n) is 21.3. The maximum absolute atomic E-state index is 13.8. The van der Waals surface area contributed by atoms with Crippen molar-refractivity contribution in [1.82, 2.24) is 0 Å². The maximum Gasteiger partial charge on any atom is 0.343 e. The maximum atomic E-state index is 13.8. The third kappa shape index (κ3) is 17.1. The van der Waals surface area contributed by atoms with Gasteiger partial charge in [-0.3, -0.25) is 4.79 Å². The van der Waals surface area contributed by atoms with Gasteiger partial charge in [0, 0.05) is 29.0 Å². The van der Waals surface area contributed by atoms with Crippen LogP contribution in [-0.4, -0.2) is 56.2 Å². The molecule has 5 aromatic carbocycles. The van der Waals surface area contributed by atoms with Gasteiger partial charge in [0.2, 0.25) is 0 Å². The number of amides is 1. The van der Waals surface area contributed by atoms with Gasteiger partial charge in [0.25, 0.3) is 5.91 Å². The Labute approximate surface area is 379 Å². The summed E-state index contributed by atoms with van der Waals surface area (Å²) in [6, 6.07) is 33.6. The summed E-state index contributed by atoms with van der Waals surface area (Å²) in [5.74, 6) is 4.47. The molecule has 0 aliphatic heterocycles. The lowest BCUT2D eigenvalue weighted by molar-refractivity contribution is -0.138. The van der Waals surface area contributed by atoms with Crippen LogP contribution in [0, 0.1) is 11.8 Å². The van der Waals surface area contributed by atoms with E-state index < -0.39 is 29.8 Å². The fourth-order valence-corrected chi connectivity index (χ4v) is 6.00. The van der Waals surface area contributed by atoms with E-state index in [0.29, 0.717) is 43.6 Å². The average molecular weight is 878 g/mol. The van der Waals surface area contributed by atoms with Crippen molar-refractivity contribution >= 4 is 35.5 Å². The van der Waals surface area contributed by atoms with Crippen molar-refractivity contribution in [3.63, 3.8) is 0 Å². The monoisotopic (exact) mass is 877 g/mol. The first kappa shape index (κ1) is 48.1. The quantitative estimate of drug-likeness (QED) is 0.0207. The zero-order valence-corrected chi connectivity index (χ0v) is 36.1. The SMILES string of the molecule is C=CC(=O)OCCCCCCOc1ccc(C(=O)Oc2ccc(OC(=O)c3ccc(OCCCCCCOC(=O)C=C)cc3)c(C(=O)Nc3ccc(C#Cc4ccccc4)cc3)c2)cc1. The van der Waals surface area contributed by atoms with Crippen molar-refractivity contribution in [3.05, 3.63) is 174 Å². The Bertz CT molecular complexity index is 2430. The number of benzene rings is 5. The van der Waals surface area contributed by atoms with Gasteiger partial charge in [-0.1, -0.05) is 43.2 Å². The second-order valence-electron chi connectivity index (χ2n) is 14.4. The molecule has 0 radical (unpaired) electrons. The summed E-state index contributed by atoms with van der Waals surface area (Å²) in [5.41, 5.74) is 2.48. The van der Waals surface area contributed by atoms with Crippen molar-refractivity contribution in [2.45, 2.75) is 51.4 Å². The van der Waals surface area contributed by atoms with Crippen LogP contribution in [0.5, 0.6) is 23.0 Å². The number of nitrogens with one attached hydrogen (secondary N) is 1. The van der Waals surface area contributed by atoms with E-state index in [1.807, 2.05) is 30.3 Å². The van der Waals surface area contributed by atoms with E-state index in [2.05, 4.69) is 30.3 Å². The number of anilines is 1. The van der Waals surface area contributed by atoms with Crippen molar-refractivity contribution in [1.29, 1.82) is 0 Å². The van der Waals surface area contributed by atoms with Crippen molar-refractivity contribution in [3.8, 4) is 34.8 Å². The molecule has 334 valence electrons. The molecule has 0 unspecified atom stereocenters. The van der Waals surface area contributed by atoms with E-state index in [0.717, 1.165) is 74.6 Å². The predicted molar refractivity (Wildman–Crippen MR) is 246 cm³/mol. The van der Waals surface area contributed by atoms with Crippen molar-refractivity contribution in [2.24, 2.45) is 0 Å². The van der Waals surface area contributed by atoms with Gasteiger partial charge in [-0.2, -0.15) is 0 Å². The van der Waals surface area contributed by atoms with Gasteiger partial charge in [0.05, 0.1) is 43.1 Å². The minimum Gasteiger partial charge on any atom is -0.494 e. The summed E-state index contributed by atoms with van der Waals surface area (Å²) < 4.78 is 33.0. The van der Waals surface area contributed by atoms with Crippen LogP contribution in [0.1, 0.15) is 93.6 Å². The fraction of sp³-hybridized carbons (Fsp3) is 0.226. The Morgan fingerprint density at radius 2 is 0.954 bits per heavy atom. The molecule has 1 N–H and O–H groups in total. The van der Waals surface area contributed by atoms with Crippen LogP contribution in [0.15, 0.2) is 147 Å². The fourth-order valence-electron chi connectivity index (χ4n) is 6.00. The molecule has 0 bridgehead atoms. The lowest BCUT2D eigenvalue weighted by Crippen LogP contribution is -2.17. The minimum atomic E-state index is -0.720. The third-order valence-corrected chi connectivity index (χ3v) is 9.49.